The van der Waals surface area contributed by atoms with Crippen LogP contribution in [0.3, 0.4) is 0 Å². The summed E-state index contributed by atoms with van der Waals surface area (Å²) in [5.74, 6) is 1.38. The molecule has 0 N–H and O–H groups in total. The monoisotopic (exact) mass is 312 g/mol. The second-order valence-corrected chi connectivity index (χ2v) is 4.74. The predicted octanol–water partition coefficient (Wildman–Crippen LogP) is 4.70. The maximum Gasteiger partial charge on any atom is 0.185 e. The van der Waals surface area contributed by atoms with E-state index in [9.17, 15) is 9.18 Å². The molecule has 0 saturated heterocycles. The van der Waals surface area contributed by atoms with Crippen molar-refractivity contribution in [2.24, 2.45) is 0 Å². The fourth-order valence-corrected chi connectivity index (χ4v) is 2.08. The van der Waals surface area contributed by atoms with Crippen LogP contribution in [0.4, 0.5) is 4.39 Å². The van der Waals surface area contributed by atoms with E-state index >= 15 is 0 Å². The molecule has 4 nitrogen and oxygen atoms in total. The molecule has 0 bridgehead atoms. The Hall–Kier alpha value is -3.08. The number of aldehydes is 1. The van der Waals surface area contributed by atoms with Crippen LogP contribution >= 0.6 is 0 Å². The molecule has 1 aromatic heterocycles. The summed E-state index contributed by atoms with van der Waals surface area (Å²) in [6, 6.07) is 14.4. The van der Waals surface area contributed by atoms with Gasteiger partial charge in [-0.25, -0.2) is 4.39 Å². The van der Waals surface area contributed by atoms with Crippen LogP contribution in [0.2, 0.25) is 0 Å². The second-order valence-electron chi connectivity index (χ2n) is 4.74. The molecule has 0 unspecified atom stereocenters. The Kier molecular flexibility index (Phi) is 4.10. The van der Waals surface area contributed by atoms with E-state index in [2.05, 4.69) is 0 Å². The van der Waals surface area contributed by atoms with Gasteiger partial charge in [-0.1, -0.05) is 0 Å². The maximum absolute atomic E-state index is 14.2. The molecule has 0 aliphatic rings. The summed E-state index contributed by atoms with van der Waals surface area (Å²) >= 11 is 0. The van der Waals surface area contributed by atoms with Crippen molar-refractivity contribution in [3.63, 3.8) is 0 Å². The minimum atomic E-state index is -0.526. The molecule has 1 heterocycles. The summed E-state index contributed by atoms with van der Waals surface area (Å²) in [7, 11) is 1.57. The van der Waals surface area contributed by atoms with E-state index in [1.165, 1.54) is 18.2 Å². The smallest absolute Gasteiger partial charge is 0.185 e. The summed E-state index contributed by atoms with van der Waals surface area (Å²) < 4.78 is 30.0. The number of methoxy groups -OCH3 is 1. The molecule has 0 spiro atoms. The highest BCUT2D eigenvalue weighted by Gasteiger charge is 2.10. The van der Waals surface area contributed by atoms with Gasteiger partial charge in [0, 0.05) is 5.56 Å². The molecule has 0 saturated carbocycles. The minimum absolute atomic E-state index is 0.0982. The molecule has 0 atom stereocenters. The SMILES string of the molecule is COc1ccc(Oc2ccc(-c3ccc(C=O)o3)cc2F)cc1. The van der Waals surface area contributed by atoms with Gasteiger partial charge < -0.3 is 13.9 Å². The molecule has 3 aromatic rings. The molecular weight excluding hydrogens is 299 g/mol. The van der Waals surface area contributed by atoms with Crippen LogP contribution in [-0.2, 0) is 0 Å². The van der Waals surface area contributed by atoms with Crippen molar-refractivity contribution in [2.45, 2.75) is 0 Å². The van der Waals surface area contributed by atoms with E-state index in [4.69, 9.17) is 13.9 Å². The van der Waals surface area contributed by atoms with Gasteiger partial charge in [-0.3, -0.25) is 4.79 Å². The van der Waals surface area contributed by atoms with Crippen LogP contribution in [0.1, 0.15) is 10.6 Å². The van der Waals surface area contributed by atoms with Gasteiger partial charge in [-0.05, 0) is 54.6 Å². The number of ether oxygens (including phenoxy) is 2. The Balaban J connectivity index is 1.82. The molecule has 5 heteroatoms. The van der Waals surface area contributed by atoms with E-state index in [0.29, 0.717) is 29.1 Å². The number of rotatable bonds is 5. The third-order valence-electron chi connectivity index (χ3n) is 3.25. The molecule has 0 radical (unpaired) electrons. The van der Waals surface area contributed by atoms with Crippen molar-refractivity contribution in [2.75, 3.05) is 7.11 Å². The summed E-state index contributed by atoms with van der Waals surface area (Å²) in [4.78, 5) is 10.6. The summed E-state index contributed by atoms with van der Waals surface area (Å²) in [6.45, 7) is 0. The van der Waals surface area contributed by atoms with Crippen LogP contribution in [0.25, 0.3) is 11.3 Å². The van der Waals surface area contributed by atoms with Gasteiger partial charge in [-0.2, -0.15) is 0 Å². The zero-order chi connectivity index (χ0) is 16.2. The van der Waals surface area contributed by atoms with Crippen LogP contribution in [0, 0.1) is 5.82 Å². The Morgan fingerprint density at radius 2 is 1.74 bits per heavy atom. The predicted molar refractivity (Wildman–Crippen MR) is 82.6 cm³/mol. The lowest BCUT2D eigenvalue weighted by Crippen LogP contribution is -1.89. The lowest BCUT2D eigenvalue weighted by Gasteiger charge is -2.08. The van der Waals surface area contributed by atoms with Gasteiger partial charge in [0.2, 0.25) is 0 Å². The first-order chi connectivity index (χ1) is 11.2. The van der Waals surface area contributed by atoms with Gasteiger partial charge in [0.05, 0.1) is 7.11 Å². The lowest BCUT2D eigenvalue weighted by molar-refractivity contribution is 0.110. The van der Waals surface area contributed by atoms with Crippen molar-refractivity contribution in [1.29, 1.82) is 0 Å². The van der Waals surface area contributed by atoms with Gasteiger partial charge in [0.15, 0.2) is 23.6 Å². The highest BCUT2D eigenvalue weighted by Crippen LogP contribution is 2.30. The number of hydrogen-bond acceptors (Lipinski definition) is 4. The molecule has 0 fully saturated rings. The van der Waals surface area contributed by atoms with E-state index in [0.717, 1.165) is 0 Å². The number of hydrogen-bond donors (Lipinski definition) is 0. The third kappa shape index (κ3) is 3.23. The van der Waals surface area contributed by atoms with E-state index in [1.54, 1.807) is 43.5 Å². The second kappa shape index (κ2) is 6.36. The third-order valence-corrected chi connectivity index (χ3v) is 3.25. The van der Waals surface area contributed by atoms with Crippen LogP contribution in [0.15, 0.2) is 59.0 Å². The molecule has 3 rings (SSSR count). The van der Waals surface area contributed by atoms with Gasteiger partial charge in [0.25, 0.3) is 0 Å². The summed E-state index contributed by atoms with van der Waals surface area (Å²) in [5, 5.41) is 0. The highest BCUT2D eigenvalue weighted by molar-refractivity contribution is 5.72. The first-order valence-electron chi connectivity index (χ1n) is 6.86. The fraction of sp³-hybridized carbons (Fsp3) is 0.0556. The number of carbonyl (C=O) groups excluding carboxylic acids is 1. The largest absolute Gasteiger partial charge is 0.497 e. The van der Waals surface area contributed by atoms with Crippen molar-refractivity contribution < 1.29 is 23.1 Å². The molecule has 116 valence electrons. The van der Waals surface area contributed by atoms with Crippen LogP contribution < -0.4 is 9.47 Å². The molecule has 23 heavy (non-hydrogen) atoms. The molecule has 2 aromatic carbocycles. The quantitative estimate of drug-likeness (QED) is 0.641. The minimum Gasteiger partial charge on any atom is -0.497 e. The molecule has 0 aliphatic carbocycles. The first kappa shape index (κ1) is 14.8. The Morgan fingerprint density at radius 1 is 1.00 bits per heavy atom. The standard InChI is InChI=1S/C18H13FO4/c1-21-13-3-5-14(6-4-13)22-18-8-2-12(10-16(18)19)17-9-7-15(11-20)23-17/h2-11H,1H3. The molecular formula is C18H13FO4. The Labute approximate surface area is 132 Å². The summed E-state index contributed by atoms with van der Waals surface area (Å²) in [6.07, 6.45) is 0.598. The number of benzene rings is 2. The van der Waals surface area contributed by atoms with Gasteiger partial charge >= 0.3 is 0 Å². The molecule has 0 aliphatic heterocycles. The van der Waals surface area contributed by atoms with E-state index in [-0.39, 0.29) is 11.5 Å². The number of furan rings is 1. The van der Waals surface area contributed by atoms with E-state index in [1.807, 2.05) is 0 Å². The average molecular weight is 312 g/mol. The van der Waals surface area contributed by atoms with Crippen LogP contribution in [0.5, 0.6) is 17.2 Å². The average Bonchev–Trinajstić information content (AvgIpc) is 3.06. The normalized spacial score (nSPS) is 10.3. The zero-order valence-electron chi connectivity index (χ0n) is 12.3. The van der Waals surface area contributed by atoms with Crippen molar-refractivity contribution in [3.8, 4) is 28.6 Å². The topological polar surface area (TPSA) is 48.7 Å². The maximum atomic E-state index is 14.2. The van der Waals surface area contributed by atoms with Gasteiger partial charge in [0.1, 0.15) is 17.3 Å². The lowest BCUT2D eigenvalue weighted by atomic mass is 10.1. The number of halogens is 1. The Morgan fingerprint density at radius 3 is 2.35 bits per heavy atom. The zero-order valence-corrected chi connectivity index (χ0v) is 12.3. The van der Waals surface area contributed by atoms with E-state index < -0.39 is 5.82 Å². The van der Waals surface area contributed by atoms with Crippen molar-refractivity contribution >= 4 is 6.29 Å². The highest BCUT2D eigenvalue weighted by atomic mass is 19.1. The molecule has 0 amide bonds. The first-order valence-corrected chi connectivity index (χ1v) is 6.86. The van der Waals surface area contributed by atoms with Crippen molar-refractivity contribution in [1.82, 2.24) is 0 Å². The Bertz CT molecular complexity index is 821. The van der Waals surface area contributed by atoms with Crippen LogP contribution in [-0.4, -0.2) is 13.4 Å². The van der Waals surface area contributed by atoms with Gasteiger partial charge in [-0.15, -0.1) is 0 Å². The fourth-order valence-electron chi connectivity index (χ4n) is 2.08. The van der Waals surface area contributed by atoms with Crippen molar-refractivity contribution in [3.05, 3.63) is 66.2 Å². The number of carbonyl (C=O) groups is 1. The summed E-state index contributed by atoms with van der Waals surface area (Å²) in [5.41, 5.74) is 0.526.